The van der Waals surface area contributed by atoms with Crippen LogP contribution in [0.5, 0.6) is 11.5 Å². The summed E-state index contributed by atoms with van der Waals surface area (Å²) in [6.45, 7) is 5.73. The number of carbonyl (C=O) groups is 2. The molecule has 2 N–H and O–H groups in total. The number of carbonyl (C=O) groups excluding carboxylic acids is 2. The fourth-order valence-corrected chi connectivity index (χ4v) is 5.29. The van der Waals surface area contributed by atoms with Gasteiger partial charge in [-0.2, -0.15) is 0 Å². The number of hydrogen-bond donors (Lipinski definition) is 2. The summed E-state index contributed by atoms with van der Waals surface area (Å²) in [6, 6.07) is 11.2. The van der Waals surface area contributed by atoms with E-state index in [-0.39, 0.29) is 23.9 Å². The summed E-state index contributed by atoms with van der Waals surface area (Å²) < 4.78 is 24.3. The van der Waals surface area contributed by atoms with E-state index >= 15 is 0 Å². The van der Waals surface area contributed by atoms with Gasteiger partial charge in [0.05, 0.1) is 25.9 Å². The van der Waals surface area contributed by atoms with Crippen LogP contribution in [-0.2, 0) is 11.2 Å². The maximum atomic E-state index is 13.6. The number of nitrogens with zero attached hydrogens (tertiary/aromatic N) is 2. The van der Waals surface area contributed by atoms with Gasteiger partial charge in [0.1, 0.15) is 5.82 Å². The second kappa shape index (κ2) is 11.4. The Hall–Kier alpha value is -3.33. The third-order valence-corrected chi connectivity index (χ3v) is 7.71. The number of piperidine rings is 1. The van der Waals surface area contributed by atoms with E-state index in [2.05, 4.69) is 24.5 Å². The summed E-state index contributed by atoms with van der Waals surface area (Å²) in [5.41, 5.74) is 0.976. The third kappa shape index (κ3) is 5.66. The van der Waals surface area contributed by atoms with Gasteiger partial charge in [0.2, 0.25) is 5.91 Å². The Morgan fingerprint density at radius 3 is 2.54 bits per heavy atom. The van der Waals surface area contributed by atoms with Crippen molar-refractivity contribution in [3.05, 3.63) is 53.8 Å². The molecule has 0 unspecified atom stereocenters. The molecule has 1 spiro atoms. The first-order chi connectivity index (χ1) is 17.8. The third-order valence-electron chi connectivity index (χ3n) is 7.71. The van der Waals surface area contributed by atoms with Crippen molar-refractivity contribution >= 4 is 17.6 Å². The van der Waals surface area contributed by atoms with Crippen molar-refractivity contribution in [2.45, 2.75) is 51.2 Å². The number of likely N-dealkylation sites (tertiary alicyclic amines) is 1. The largest absolute Gasteiger partial charge is 0.493 e. The molecule has 9 heteroatoms. The van der Waals surface area contributed by atoms with Crippen molar-refractivity contribution in [2.24, 2.45) is 5.92 Å². The molecule has 2 aromatic carbocycles. The Morgan fingerprint density at radius 1 is 1.16 bits per heavy atom. The molecule has 2 atom stereocenters. The van der Waals surface area contributed by atoms with E-state index in [4.69, 9.17) is 9.47 Å². The van der Waals surface area contributed by atoms with Gasteiger partial charge in [0.15, 0.2) is 11.5 Å². The van der Waals surface area contributed by atoms with Crippen molar-refractivity contribution in [1.82, 2.24) is 15.1 Å². The number of amides is 3. The Bertz CT molecular complexity index is 1120. The molecule has 0 radical (unpaired) electrons. The highest BCUT2D eigenvalue weighted by Crippen LogP contribution is 2.36. The van der Waals surface area contributed by atoms with Crippen LogP contribution in [-0.4, -0.2) is 67.3 Å². The van der Waals surface area contributed by atoms with Crippen molar-refractivity contribution in [3.8, 4) is 11.5 Å². The van der Waals surface area contributed by atoms with Gasteiger partial charge in [0, 0.05) is 38.2 Å². The molecule has 200 valence electrons. The minimum Gasteiger partial charge on any atom is -0.493 e. The molecule has 2 aliphatic rings. The molecular weight excluding hydrogens is 475 g/mol. The molecule has 2 heterocycles. The quantitative estimate of drug-likeness (QED) is 0.553. The fraction of sp³-hybridized carbons (Fsp3) is 0.500. The molecule has 2 aromatic rings. The van der Waals surface area contributed by atoms with Crippen LogP contribution < -0.4 is 20.1 Å². The summed E-state index contributed by atoms with van der Waals surface area (Å²) in [7, 11) is 3.22. The first kappa shape index (κ1) is 26.7. The van der Waals surface area contributed by atoms with E-state index in [1.54, 1.807) is 31.3 Å². The first-order valence-electron chi connectivity index (χ1n) is 12.9. The average molecular weight is 513 g/mol. The van der Waals surface area contributed by atoms with E-state index in [1.165, 1.54) is 12.1 Å². The first-order valence-corrected chi connectivity index (χ1v) is 12.9. The summed E-state index contributed by atoms with van der Waals surface area (Å²) in [6.07, 6.45) is 2.81. The second-order valence-electron chi connectivity index (χ2n) is 9.90. The molecular formula is C28H37FN4O4. The van der Waals surface area contributed by atoms with Crippen molar-refractivity contribution in [2.75, 3.05) is 39.2 Å². The second-order valence-corrected chi connectivity index (χ2v) is 9.90. The lowest BCUT2D eigenvalue weighted by Crippen LogP contribution is -2.60. The van der Waals surface area contributed by atoms with Gasteiger partial charge in [-0.05, 0) is 48.2 Å². The van der Waals surface area contributed by atoms with Gasteiger partial charge >= 0.3 is 6.03 Å². The molecule has 3 amide bonds. The highest BCUT2D eigenvalue weighted by atomic mass is 19.1. The Kier molecular flexibility index (Phi) is 8.22. The zero-order chi connectivity index (χ0) is 26.6. The van der Waals surface area contributed by atoms with Gasteiger partial charge in [0.25, 0.3) is 0 Å². The SMILES string of the molecule is CC[C@@H](C)[C@@H]1NC2(CCN(C(=O)Nc3cccc(F)c3)CC2)N(CCc2ccc(OC)c(OC)c2)C1=O. The highest BCUT2D eigenvalue weighted by molar-refractivity contribution is 5.89. The van der Waals surface area contributed by atoms with Gasteiger partial charge in [-0.3, -0.25) is 10.1 Å². The monoisotopic (exact) mass is 512 g/mol. The molecule has 0 aliphatic carbocycles. The van der Waals surface area contributed by atoms with E-state index < -0.39 is 11.5 Å². The predicted molar refractivity (Wildman–Crippen MR) is 140 cm³/mol. The summed E-state index contributed by atoms with van der Waals surface area (Å²) in [4.78, 5) is 30.2. The van der Waals surface area contributed by atoms with Crippen LogP contribution in [0.4, 0.5) is 14.9 Å². The minimum atomic E-state index is -0.503. The Morgan fingerprint density at radius 2 is 1.89 bits per heavy atom. The maximum Gasteiger partial charge on any atom is 0.321 e. The van der Waals surface area contributed by atoms with Crippen LogP contribution in [0, 0.1) is 11.7 Å². The lowest BCUT2D eigenvalue weighted by Gasteiger charge is -2.44. The van der Waals surface area contributed by atoms with Crippen molar-refractivity contribution in [3.63, 3.8) is 0 Å². The van der Waals surface area contributed by atoms with Crippen LogP contribution in [0.1, 0.15) is 38.7 Å². The van der Waals surface area contributed by atoms with Crippen molar-refractivity contribution in [1.29, 1.82) is 0 Å². The Labute approximate surface area is 218 Å². The number of nitrogens with one attached hydrogen (secondary N) is 2. The number of hydrogen-bond acceptors (Lipinski definition) is 5. The zero-order valence-electron chi connectivity index (χ0n) is 22.1. The van der Waals surface area contributed by atoms with E-state index in [1.807, 2.05) is 23.1 Å². The molecule has 2 saturated heterocycles. The van der Waals surface area contributed by atoms with Gasteiger partial charge in [-0.15, -0.1) is 0 Å². The highest BCUT2D eigenvalue weighted by Gasteiger charge is 2.52. The van der Waals surface area contributed by atoms with Gasteiger partial charge < -0.3 is 24.6 Å². The molecule has 4 rings (SSSR count). The lowest BCUT2D eigenvalue weighted by molar-refractivity contribution is -0.133. The number of ether oxygens (including phenoxy) is 2. The molecule has 2 aliphatic heterocycles. The Balaban J connectivity index is 1.47. The summed E-state index contributed by atoms with van der Waals surface area (Å²) >= 11 is 0. The molecule has 0 bridgehead atoms. The number of methoxy groups -OCH3 is 2. The topological polar surface area (TPSA) is 83.1 Å². The van der Waals surface area contributed by atoms with Crippen LogP contribution in [0.2, 0.25) is 0 Å². The number of benzene rings is 2. The van der Waals surface area contributed by atoms with Gasteiger partial charge in [-0.25, -0.2) is 9.18 Å². The molecule has 37 heavy (non-hydrogen) atoms. The standard InChI is InChI=1S/C28H37FN4O4/c1-5-19(2)25-26(34)33(14-11-20-9-10-23(36-3)24(17-20)37-4)28(31-25)12-15-32(16-13-28)27(35)30-22-8-6-7-21(29)18-22/h6-10,17-19,25,31H,5,11-16H2,1-4H3,(H,30,35)/t19-,25+/m1/s1. The van der Waals surface area contributed by atoms with Crippen molar-refractivity contribution < 1.29 is 23.5 Å². The minimum absolute atomic E-state index is 0.118. The predicted octanol–water partition coefficient (Wildman–Crippen LogP) is 4.26. The summed E-state index contributed by atoms with van der Waals surface area (Å²) in [5.74, 6) is 1.25. The number of urea groups is 1. The lowest BCUT2D eigenvalue weighted by atomic mass is 9.95. The van der Waals surface area contributed by atoms with E-state index in [0.717, 1.165) is 12.0 Å². The molecule has 2 fully saturated rings. The van der Waals surface area contributed by atoms with Gasteiger partial charge in [-0.1, -0.05) is 32.4 Å². The molecule has 8 nitrogen and oxygen atoms in total. The molecule has 0 aromatic heterocycles. The molecule has 0 saturated carbocycles. The van der Waals surface area contributed by atoms with Crippen LogP contribution >= 0.6 is 0 Å². The number of anilines is 1. The smallest absolute Gasteiger partial charge is 0.321 e. The summed E-state index contributed by atoms with van der Waals surface area (Å²) in [5, 5.41) is 6.45. The van der Waals surface area contributed by atoms with E-state index in [0.29, 0.717) is 56.1 Å². The van der Waals surface area contributed by atoms with Crippen LogP contribution in [0.25, 0.3) is 0 Å². The average Bonchev–Trinajstić information content (AvgIpc) is 3.17. The van der Waals surface area contributed by atoms with Crippen LogP contribution in [0.3, 0.4) is 0 Å². The van der Waals surface area contributed by atoms with Crippen LogP contribution in [0.15, 0.2) is 42.5 Å². The normalized spacial score (nSPS) is 19.7. The maximum absolute atomic E-state index is 13.6. The number of halogens is 1. The van der Waals surface area contributed by atoms with E-state index in [9.17, 15) is 14.0 Å². The fourth-order valence-electron chi connectivity index (χ4n) is 5.29. The number of rotatable bonds is 8. The zero-order valence-corrected chi connectivity index (χ0v) is 22.1.